The van der Waals surface area contributed by atoms with E-state index in [4.69, 9.17) is 4.74 Å². The minimum atomic E-state index is 0.780. The van der Waals surface area contributed by atoms with Crippen LogP contribution in [-0.4, -0.2) is 7.11 Å². The predicted molar refractivity (Wildman–Crippen MR) is 68.0 cm³/mol. The van der Waals surface area contributed by atoms with E-state index in [9.17, 15) is 0 Å². The number of ether oxygens (including phenoxy) is 1. The van der Waals surface area contributed by atoms with Crippen LogP contribution < -0.4 is 0 Å². The Bertz CT molecular complexity index is 396. The summed E-state index contributed by atoms with van der Waals surface area (Å²) in [5.74, 6) is 0.780. The molecular weight excluding hydrogens is 204 g/mol. The van der Waals surface area contributed by atoms with Crippen LogP contribution >= 0.6 is 11.3 Å². The lowest BCUT2D eigenvalue weighted by atomic mass is 10.2. The first-order chi connectivity index (χ1) is 7.17. The van der Waals surface area contributed by atoms with Crippen LogP contribution in [0.2, 0.25) is 0 Å². The van der Waals surface area contributed by atoms with Crippen molar-refractivity contribution in [2.75, 3.05) is 7.11 Å². The van der Waals surface area contributed by atoms with Gasteiger partial charge in [0.15, 0.2) is 0 Å². The summed E-state index contributed by atoms with van der Waals surface area (Å²) in [5.41, 5.74) is 1.24. The van der Waals surface area contributed by atoms with Gasteiger partial charge in [-0.3, -0.25) is 0 Å². The average molecular weight is 220 g/mol. The molecule has 0 aliphatic carbocycles. The highest BCUT2D eigenvalue weighted by atomic mass is 32.1. The Labute approximate surface area is 95.4 Å². The summed E-state index contributed by atoms with van der Waals surface area (Å²) in [6.07, 6.45) is 5.67. The van der Waals surface area contributed by atoms with E-state index in [0.29, 0.717) is 0 Å². The molecule has 0 unspecified atom stereocenters. The fourth-order valence-electron chi connectivity index (χ4n) is 1.16. The number of rotatable bonds is 4. The number of aryl methyl sites for hydroxylation is 1. The molecule has 0 atom stereocenters. The highest BCUT2D eigenvalue weighted by Crippen LogP contribution is 2.23. The molecule has 0 saturated carbocycles. The minimum absolute atomic E-state index is 0.780. The van der Waals surface area contributed by atoms with Gasteiger partial charge >= 0.3 is 0 Å². The molecule has 2 heteroatoms. The van der Waals surface area contributed by atoms with Gasteiger partial charge in [-0.1, -0.05) is 12.7 Å². The zero-order chi connectivity index (χ0) is 11.3. The van der Waals surface area contributed by atoms with Crippen LogP contribution in [0.5, 0.6) is 0 Å². The van der Waals surface area contributed by atoms with Gasteiger partial charge in [-0.05, 0) is 43.7 Å². The maximum absolute atomic E-state index is 5.09. The molecule has 0 N–H and O–H groups in total. The second-order valence-corrected chi connectivity index (χ2v) is 4.53. The summed E-state index contributed by atoms with van der Waals surface area (Å²) in [7, 11) is 1.64. The normalized spacial score (nSPS) is 12.7. The first kappa shape index (κ1) is 11.8. The molecule has 1 heterocycles. The number of thiophene rings is 1. The van der Waals surface area contributed by atoms with E-state index in [1.54, 1.807) is 24.5 Å². The zero-order valence-corrected chi connectivity index (χ0v) is 10.2. The summed E-state index contributed by atoms with van der Waals surface area (Å²) in [6.45, 7) is 7.87. The van der Waals surface area contributed by atoms with Crippen molar-refractivity contribution in [3.05, 3.63) is 52.5 Å². The van der Waals surface area contributed by atoms with Gasteiger partial charge in [-0.2, -0.15) is 0 Å². The zero-order valence-electron chi connectivity index (χ0n) is 9.41. The van der Waals surface area contributed by atoms with Crippen molar-refractivity contribution in [3.63, 3.8) is 0 Å². The molecule has 0 radical (unpaired) electrons. The third kappa shape index (κ3) is 3.40. The smallest absolute Gasteiger partial charge is 0.118 e. The lowest BCUT2D eigenvalue weighted by Crippen LogP contribution is -1.79. The van der Waals surface area contributed by atoms with Crippen molar-refractivity contribution in [1.29, 1.82) is 0 Å². The summed E-state index contributed by atoms with van der Waals surface area (Å²) < 4.78 is 5.09. The Balaban J connectivity index is 2.84. The average Bonchev–Trinajstić information content (AvgIpc) is 2.66. The van der Waals surface area contributed by atoms with Crippen LogP contribution in [0.25, 0.3) is 5.57 Å². The standard InChI is InChI=1S/C13H16OS/c1-5-12(14-4)8-6-10(2)13-9-7-11(3)15-13/h5-9H,1H2,2-4H3/b10-6+,12-8+. The van der Waals surface area contributed by atoms with Crippen LogP contribution in [0.1, 0.15) is 16.7 Å². The number of methoxy groups -OCH3 is 1. The van der Waals surface area contributed by atoms with Crippen LogP contribution in [0.4, 0.5) is 0 Å². The predicted octanol–water partition coefficient (Wildman–Crippen LogP) is 4.18. The molecule has 0 fully saturated rings. The fraction of sp³-hybridized carbons (Fsp3) is 0.231. The summed E-state index contributed by atoms with van der Waals surface area (Å²) in [4.78, 5) is 2.63. The van der Waals surface area contributed by atoms with Crippen molar-refractivity contribution in [3.8, 4) is 0 Å². The number of hydrogen-bond donors (Lipinski definition) is 0. The van der Waals surface area contributed by atoms with Gasteiger partial charge in [-0.25, -0.2) is 0 Å². The Morgan fingerprint density at radius 2 is 2.13 bits per heavy atom. The molecule has 0 aromatic carbocycles. The highest BCUT2D eigenvalue weighted by Gasteiger charge is 1.97. The lowest BCUT2D eigenvalue weighted by molar-refractivity contribution is 0.307. The van der Waals surface area contributed by atoms with Crippen LogP contribution in [0.3, 0.4) is 0 Å². The molecule has 1 rings (SSSR count). The summed E-state index contributed by atoms with van der Waals surface area (Å²) in [5, 5.41) is 0. The van der Waals surface area contributed by atoms with Crippen molar-refractivity contribution in [2.24, 2.45) is 0 Å². The van der Waals surface area contributed by atoms with E-state index >= 15 is 0 Å². The van der Waals surface area contributed by atoms with Crippen molar-refractivity contribution < 1.29 is 4.74 Å². The van der Waals surface area contributed by atoms with Crippen molar-refractivity contribution >= 4 is 16.9 Å². The van der Waals surface area contributed by atoms with Gasteiger partial charge in [0.2, 0.25) is 0 Å². The molecule has 0 amide bonds. The van der Waals surface area contributed by atoms with E-state index < -0.39 is 0 Å². The molecule has 15 heavy (non-hydrogen) atoms. The molecule has 1 nitrogen and oxygen atoms in total. The Kier molecular flexibility index (Phi) is 4.37. The summed E-state index contributed by atoms with van der Waals surface area (Å²) in [6, 6.07) is 4.27. The monoisotopic (exact) mass is 220 g/mol. The first-order valence-electron chi connectivity index (χ1n) is 4.79. The second kappa shape index (κ2) is 5.56. The molecular formula is C13H16OS. The SMILES string of the molecule is C=C/C(=C\C=C(/C)c1ccc(C)s1)OC. The maximum Gasteiger partial charge on any atom is 0.118 e. The third-order valence-electron chi connectivity index (χ3n) is 2.06. The molecule has 0 saturated heterocycles. The largest absolute Gasteiger partial charge is 0.497 e. The van der Waals surface area contributed by atoms with Gasteiger partial charge in [0.25, 0.3) is 0 Å². The van der Waals surface area contributed by atoms with E-state index in [1.165, 1.54) is 15.3 Å². The van der Waals surface area contributed by atoms with Crippen LogP contribution in [0, 0.1) is 6.92 Å². The lowest BCUT2D eigenvalue weighted by Gasteiger charge is -1.98. The molecule has 0 aliphatic rings. The van der Waals surface area contributed by atoms with Crippen LogP contribution in [0.15, 0.2) is 42.7 Å². The first-order valence-corrected chi connectivity index (χ1v) is 5.61. The molecule has 1 aromatic rings. The van der Waals surface area contributed by atoms with E-state index in [2.05, 4.69) is 32.6 Å². The molecule has 0 bridgehead atoms. The van der Waals surface area contributed by atoms with Crippen molar-refractivity contribution in [1.82, 2.24) is 0 Å². The van der Waals surface area contributed by atoms with Gasteiger partial charge in [0.1, 0.15) is 5.76 Å². The van der Waals surface area contributed by atoms with E-state index in [-0.39, 0.29) is 0 Å². The van der Waals surface area contributed by atoms with Gasteiger partial charge < -0.3 is 4.74 Å². The van der Waals surface area contributed by atoms with Gasteiger partial charge in [-0.15, -0.1) is 11.3 Å². The number of hydrogen-bond acceptors (Lipinski definition) is 2. The second-order valence-electron chi connectivity index (χ2n) is 3.24. The Morgan fingerprint density at radius 3 is 2.60 bits per heavy atom. The highest BCUT2D eigenvalue weighted by molar-refractivity contribution is 7.13. The topological polar surface area (TPSA) is 9.23 Å². The van der Waals surface area contributed by atoms with Gasteiger partial charge in [0.05, 0.1) is 7.11 Å². The van der Waals surface area contributed by atoms with E-state index in [0.717, 1.165) is 5.76 Å². The minimum Gasteiger partial charge on any atom is -0.497 e. The van der Waals surface area contributed by atoms with Crippen LogP contribution in [-0.2, 0) is 4.74 Å². The van der Waals surface area contributed by atoms with Gasteiger partial charge in [0, 0.05) is 9.75 Å². The maximum atomic E-state index is 5.09. The Morgan fingerprint density at radius 1 is 1.40 bits per heavy atom. The molecule has 80 valence electrons. The third-order valence-corrected chi connectivity index (χ3v) is 3.20. The molecule has 0 spiro atoms. The molecule has 1 aromatic heterocycles. The molecule has 0 aliphatic heterocycles. The van der Waals surface area contributed by atoms with E-state index in [1.807, 2.05) is 12.2 Å². The fourth-order valence-corrected chi connectivity index (χ4v) is 2.00. The Hall–Kier alpha value is -1.28. The quantitative estimate of drug-likeness (QED) is 0.546. The number of allylic oxidation sites excluding steroid dienone is 4. The van der Waals surface area contributed by atoms with Crippen molar-refractivity contribution in [2.45, 2.75) is 13.8 Å². The summed E-state index contributed by atoms with van der Waals surface area (Å²) >= 11 is 1.80.